The molecule has 0 radical (unpaired) electrons. The average molecular weight is 174 g/mol. The summed E-state index contributed by atoms with van der Waals surface area (Å²) in [6, 6.07) is 0. The fraction of sp³-hybridized carbons (Fsp3) is 0.385. The van der Waals surface area contributed by atoms with Gasteiger partial charge in [0.2, 0.25) is 0 Å². The van der Waals surface area contributed by atoms with Crippen LogP contribution in [-0.4, -0.2) is 0 Å². The van der Waals surface area contributed by atoms with Gasteiger partial charge >= 0.3 is 0 Å². The van der Waals surface area contributed by atoms with Crippen molar-refractivity contribution in [3.8, 4) is 0 Å². The van der Waals surface area contributed by atoms with Gasteiger partial charge in [0.05, 0.1) is 0 Å². The minimum Gasteiger partial charge on any atom is -0.0882 e. The average Bonchev–Trinajstić information content (AvgIpc) is 2.18. The van der Waals surface area contributed by atoms with Gasteiger partial charge < -0.3 is 0 Å². The Labute approximate surface area is 81.4 Å². The van der Waals surface area contributed by atoms with Crippen LogP contribution in [0, 0.1) is 0 Å². The van der Waals surface area contributed by atoms with Crippen LogP contribution in [0.1, 0.15) is 32.1 Å². The zero-order chi connectivity index (χ0) is 9.19. The molecule has 0 spiro atoms. The Bertz CT molecular complexity index is 192. The molecule has 13 heavy (non-hydrogen) atoms. The standard InChI is InChI=1S/C13H18/c1-2-4-6-8-10-12-13-11-9-7-5-3-1/h1-4,7-10H,5-6,11-13H2. The lowest BCUT2D eigenvalue weighted by molar-refractivity contribution is 0.864. The molecule has 0 aromatic heterocycles. The van der Waals surface area contributed by atoms with E-state index in [1.165, 1.54) is 19.3 Å². The van der Waals surface area contributed by atoms with Gasteiger partial charge in [0.15, 0.2) is 0 Å². The van der Waals surface area contributed by atoms with Crippen LogP contribution in [0.15, 0.2) is 48.6 Å². The maximum Gasteiger partial charge on any atom is -0.0166 e. The van der Waals surface area contributed by atoms with E-state index in [2.05, 4.69) is 48.6 Å². The number of hydrogen-bond donors (Lipinski definition) is 0. The third-order valence-corrected chi connectivity index (χ3v) is 2.00. The Morgan fingerprint density at radius 1 is 0.538 bits per heavy atom. The van der Waals surface area contributed by atoms with E-state index in [0.29, 0.717) is 0 Å². The maximum atomic E-state index is 2.28. The molecular formula is C13H18. The van der Waals surface area contributed by atoms with Gasteiger partial charge in [-0.1, -0.05) is 48.6 Å². The molecule has 0 saturated carbocycles. The second-order valence-corrected chi connectivity index (χ2v) is 3.20. The largest absolute Gasteiger partial charge is 0.0882 e. The van der Waals surface area contributed by atoms with E-state index in [0.717, 1.165) is 12.8 Å². The molecule has 1 aliphatic carbocycles. The number of hydrogen-bond acceptors (Lipinski definition) is 0. The van der Waals surface area contributed by atoms with E-state index in [1.807, 2.05) is 0 Å². The highest BCUT2D eigenvalue weighted by molar-refractivity contribution is 5.07. The maximum absolute atomic E-state index is 2.28. The van der Waals surface area contributed by atoms with Crippen LogP contribution < -0.4 is 0 Å². The Morgan fingerprint density at radius 3 is 1.62 bits per heavy atom. The topological polar surface area (TPSA) is 0 Å². The zero-order valence-electron chi connectivity index (χ0n) is 8.15. The van der Waals surface area contributed by atoms with Crippen LogP contribution in [0.2, 0.25) is 0 Å². The molecule has 0 amide bonds. The summed E-state index contributed by atoms with van der Waals surface area (Å²) in [4.78, 5) is 0. The van der Waals surface area contributed by atoms with E-state index in [1.54, 1.807) is 0 Å². The fourth-order valence-electron chi connectivity index (χ4n) is 1.25. The van der Waals surface area contributed by atoms with Crippen LogP contribution in [0.4, 0.5) is 0 Å². The second-order valence-electron chi connectivity index (χ2n) is 3.20. The molecule has 0 aliphatic heterocycles. The molecule has 0 aromatic carbocycles. The van der Waals surface area contributed by atoms with Crippen LogP contribution >= 0.6 is 0 Å². The highest BCUT2D eigenvalue weighted by Gasteiger charge is 1.80. The van der Waals surface area contributed by atoms with E-state index < -0.39 is 0 Å². The molecule has 70 valence electrons. The summed E-state index contributed by atoms with van der Waals surface area (Å²) in [5, 5.41) is 0. The van der Waals surface area contributed by atoms with Crippen molar-refractivity contribution < 1.29 is 0 Å². The van der Waals surface area contributed by atoms with Crippen molar-refractivity contribution >= 4 is 0 Å². The summed E-state index contributed by atoms with van der Waals surface area (Å²) >= 11 is 0. The molecule has 0 saturated heterocycles. The van der Waals surface area contributed by atoms with E-state index in [9.17, 15) is 0 Å². The van der Waals surface area contributed by atoms with Gasteiger partial charge in [-0.05, 0) is 32.1 Å². The summed E-state index contributed by atoms with van der Waals surface area (Å²) in [5.74, 6) is 0. The van der Waals surface area contributed by atoms with Crippen molar-refractivity contribution in [1.29, 1.82) is 0 Å². The highest BCUT2D eigenvalue weighted by atomic mass is 13.9. The molecular weight excluding hydrogens is 156 g/mol. The van der Waals surface area contributed by atoms with Gasteiger partial charge in [0, 0.05) is 0 Å². The van der Waals surface area contributed by atoms with Gasteiger partial charge in [0.25, 0.3) is 0 Å². The minimum absolute atomic E-state index is 1.07. The van der Waals surface area contributed by atoms with Crippen molar-refractivity contribution in [3.63, 3.8) is 0 Å². The lowest BCUT2D eigenvalue weighted by Gasteiger charge is -1.89. The normalized spacial score (nSPS) is 19.1. The Kier molecular flexibility index (Phi) is 5.87. The van der Waals surface area contributed by atoms with Crippen molar-refractivity contribution in [3.05, 3.63) is 48.6 Å². The molecule has 0 unspecified atom stereocenters. The first-order valence-corrected chi connectivity index (χ1v) is 5.12. The summed E-state index contributed by atoms with van der Waals surface area (Å²) < 4.78 is 0. The summed E-state index contributed by atoms with van der Waals surface area (Å²) in [5.41, 5.74) is 0. The van der Waals surface area contributed by atoms with Crippen molar-refractivity contribution in [1.82, 2.24) is 0 Å². The Morgan fingerprint density at radius 2 is 1.08 bits per heavy atom. The van der Waals surface area contributed by atoms with E-state index in [4.69, 9.17) is 0 Å². The number of allylic oxidation sites excluding steroid dienone is 8. The summed E-state index contributed by atoms with van der Waals surface area (Å²) in [6.07, 6.45) is 23.5. The predicted molar refractivity (Wildman–Crippen MR) is 59.6 cm³/mol. The highest BCUT2D eigenvalue weighted by Crippen LogP contribution is 2.01. The zero-order valence-corrected chi connectivity index (χ0v) is 8.15. The molecule has 0 atom stereocenters. The number of rotatable bonds is 0. The first-order valence-electron chi connectivity index (χ1n) is 5.12. The molecule has 0 heterocycles. The monoisotopic (exact) mass is 174 g/mol. The lowest BCUT2D eigenvalue weighted by atomic mass is 10.2. The van der Waals surface area contributed by atoms with Gasteiger partial charge in [-0.25, -0.2) is 0 Å². The third-order valence-electron chi connectivity index (χ3n) is 2.00. The van der Waals surface area contributed by atoms with E-state index >= 15 is 0 Å². The first-order chi connectivity index (χ1) is 6.50. The predicted octanol–water partition coefficient (Wildman–Crippen LogP) is 4.18. The molecule has 1 aliphatic rings. The minimum atomic E-state index is 1.07. The van der Waals surface area contributed by atoms with Crippen molar-refractivity contribution in [2.75, 3.05) is 0 Å². The lowest BCUT2D eigenvalue weighted by Crippen LogP contribution is -1.69. The molecule has 0 heteroatoms. The summed E-state index contributed by atoms with van der Waals surface area (Å²) in [6.45, 7) is 0. The van der Waals surface area contributed by atoms with Gasteiger partial charge in [-0.15, -0.1) is 0 Å². The van der Waals surface area contributed by atoms with Gasteiger partial charge in [0.1, 0.15) is 0 Å². The van der Waals surface area contributed by atoms with Gasteiger partial charge in [-0.3, -0.25) is 0 Å². The molecule has 0 fully saturated rings. The fourth-order valence-corrected chi connectivity index (χ4v) is 1.25. The van der Waals surface area contributed by atoms with Gasteiger partial charge in [-0.2, -0.15) is 0 Å². The van der Waals surface area contributed by atoms with E-state index in [-0.39, 0.29) is 0 Å². The SMILES string of the molecule is C1=CCC=CCCCC=CCC=C1. The smallest absolute Gasteiger partial charge is 0.0166 e. The van der Waals surface area contributed by atoms with Crippen LogP contribution in [0.25, 0.3) is 0 Å². The molecule has 0 N–H and O–H groups in total. The Balaban J connectivity index is 2.38. The van der Waals surface area contributed by atoms with Crippen molar-refractivity contribution in [2.45, 2.75) is 32.1 Å². The van der Waals surface area contributed by atoms with Crippen LogP contribution in [-0.2, 0) is 0 Å². The molecule has 1 rings (SSSR count). The summed E-state index contributed by atoms with van der Waals surface area (Å²) in [7, 11) is 0. The molecule has 0 aromatic rings. The van der Waals surface area contributed by atoms with Crippen molar-refractivity contribution in [2.24, 2.45) is 0 Å². The second kappa shape index (κ2) is 7.60. The van der Waals surface area contributed by atoms with Crippen LogP contribution in [0.3, 0.4) is 0 Å². The molecule has 0 nitrogen and oxygen atoms in total. The third kappa shape index (κ3) is 6.15. The molecule has 0 bridgehead atoms. The van der Waals surface area contributed by atoms with Crippen LogP contribution in [0.5, 0.6) is 0 Å². The quantitative estimate of drug-likeness (QED) is 0.483. The first kappa shape index (κ1) is 10.0. The Hall–Kier alpha value is -1.04.